The molecular weight excluding hydrogens is 573 g/mol. The molecule has 6 rings (SSSR count). The van der Waals surface area contributed by atoms with E-state index in [0.29, 0.717) is 29.8 Å². The van der Waals surface area contributed by atoms with Crippen LogP contribution in [0.2, 0.25) is 0 Å². The normalized spacial score (nSPS) is 21.0. The molecule has 0 bridgehead atoms. The molecule has 0 radical (unpaired) electrons. The Morgan fingerprint density at radius 3 is 2.48 bits per heavy atom. The Labute approximate surface area is 241 Å². The van der Waals surface area contributed by atoms with Crippen molar-refractivity contribution >= 4 is 21.4 Å². The number of aryl methyl sites for hydroxylation is 2. The molecule has 42 heavy (non-hydrogen) atoms. The highest BCUT2D eigenvalue weighted by Gasteiger charge is 2.64. The Bertz CT molecular complexity index is 1640. The van der Waals surface area contributed by atoms with E-state index in [1.165, 1.54) is 27.8 Å². The van der Waals surface area contributed by atoms with Crippen LogP contribution in [0.3, 0.4) is 0 Å². The van der Waals surface area contributed by atoms with E-state index < -0.39 is 39.6 Å². The summed E-state index contributed by atoms with van der Waals surface area (Å²) in [6.07, 6.45) is 2.56. The van der Waals surface area contributed by atoms with Crippen molar-refractivity contribution in [2.24, 2.45) is 18.4 Å². The van der Waals surface area contributed by atoms with Crippen molar-refractivity contribution in [1.29, 1.82) is 0 Å². The molecule has 226 valence electrons. The Hall–Kier alpha value is -3.42. The largest absolute Gasteiger partial charge is 0.476 e. The number of alkyl halides is 3. The Kier molecular flexibility index (Phi) is 6.70. The summed E-state index contributed by atoms with van der Waals surface area (Å²) in [5.41, 5.74) is -1.44. The minimum atomic E-state index is -4.33. The van der Waals surface area contributed by atoms with Crippen LogP contribution in [0.4, 0.5) is 19.0 Å². The van der Waals surface area contributed by atoms with Crippen LogP contribution >= 0.6 is 0 Å². The fourth-order valence-electron chi connectivity index (χ4n) is 6.28. The Balaban J connectivity index is 1.31. The quantitative estimate of drug-likeness (QED) is 0.329. The predicted molar refractivity (Wildman–Crippen MR) is 147 cm³/mol. The van der Waals surface area contributed by atoms with Crippen LogP contribution in [0, 0.1) is 18.3 Å². The number of halogens is 3. The van der Waals surface area contributed by atoms with E-state index in [0.717, 1.165) is 25.7 Å². The number of carbonyl (C=O) groups excluding carboxylic acids is 1. The number of ketones is 1. The maximum atomic E-state index is 13.6. The van der Waals surface area contributed by atoms with Gasteiger partial charge in [-0.15, -0.1) is 5.10 Å². The summed E-state index contributed by atoms with van der Waals surface area (Å²) in [4.78, 5) is 20.6. The first-order chi connectivity index (χ1) is 19.7. The van der Waals surface area contributed by atoms with Gasteiger partial charge in [-0.3, -0.25) is 9.48 Å². The van der Waals surface area contributed by atoms with Gasteiger partial charge in [0.15, 0.2) is 21.4 Å². The zero-order valence-electron chi connectivity index (χ0n) is 23.7. The highest BCUT2D eigenvalue weighted by molar-refractivity contribution is 7.92. The van der Waals surface area contributed by atoms with Gasteiger partial charge in [0.2, 0.25) is 5.88 Å². The van der Waals surface area contributed by atoms with Crippen LogP contribution < -0.4 is 9.64 Å². The topological polar surface area (TPSA) is 112 Å². The SMILES string of the molecule is Cc1nn(C)cc1S(=O)(=O)CC(=O)c1ccc(-n2ccc(OCC3(C(F)(F)F)CC3)n2)nc1N1CC(C)CC12CCC2. The molecule has 1 unspecified atom stereocenters. The number of pyridine rings is 1. The van der Waals surface area contributed by atoms with Crippen LogP contribution in [-0.4, -0.2) is 69.4 Å². The number of hydrogen-bond acceptors (Lipinski definition) is 8. The van der Waals surface area contributed by atoms with Gasteiger partial charge in [0.05, 0.1) is 11.3 Å². The standard InChI is InChI=1S/C28H33F3N6O4S/c1-18-13-27(8-4-9-27)36(14-18)25-20(21(38)16-42(39,40)22-15-35(3)33-19(22)2)5-6-23(32-25)37-12-7-24(34-37)41-17-26(10-11-26)28(29,30)31/h5-7,12,15,18H,4,8-11,13-14,16-17H2,1-3H3. The summed E-state index contributed by atoms with van der Waals surface area (Å²) >= 11 is 0. The van der Waals surface area contributed by atoms with Crippen molar-refractivity contribution in [3.8, 4) is 11.7 Å². The smallest absolute Gasteiger partial charge is 0.397 e. The molecule has 0 N–H and O–H groups in total. The van der Waals surface area contributed by atoms with E-state index in [4.69, 9.17) is 9.72 Å². The van der Waals surface area contributed by atoms with Gasteiger partial charge in [-0.1, -0.05) is 6.92 Å². The van der Waals surface area contributed by atoms with E-state index in [1.54, 1.807) is 26.1 Å². The molecule has 2 aliphatic carbocycles. The summed E-state index contributed by atoms with van der Waals surface area (Å²) in [5.74, 6) is -0.177. The number of hydrogen-bond donors (Lipinski definition) is 0. The van der Waals surface area contributed by atoms with Crippen molar-refractivity contribution in [3.63, 3.8) is 0 Å². The summed E-state index contributed by atoms with van der Waals surface area (Å²) in [5, 5.41) is 8.39. The third-order valence-electron chi connectivity index (χ3n) is 8.87. The molecule has 1 spiro atoms. The monoisotopic (exact) mass is 606 g/mol. The van der Waals surface area contributed by atoms with Gasteiger partial charge in [-0.25, -0.2) is 18.1 Å². The van der Waals surface area contributed by atoms with Crippen LogP contribution in [0.15, 0.2) is 35.5 Å². The van der Waals surface area contributed by atoms with Gasteiger partial charge in [-0.05, 0) is 63.5 Å². The molecule has 3 aromatic rings. The lowest BCUT2D eigenvalue weighted by Crippen LogP contribution is -2.50. The fraction of sp³-hybridized carbons (Fsp3) is 0.571. The van der Waals surface area contributed by atoms with E-state index in [-0.39, 0.29) is 34.7 Å². The van der Waals surface area contributed by atoms with Crippen molar-refractivity contribution in [2.45, 2.75) is 69.0 Å². The van der Waals surface area contributed by atoms with Crippen LogP contribution in [0.25, 0.3) is 5.82 Å². The number of carbonyl (C=O) groups is 1. The van der Waals surface area contributed by atoms with E-state index in [2.05, 4.69) is 22.0 Å². The summed E-state index contributed by atoms with van der Waals surface area (Å²) in [6.45, 7) is 3.89. The second-order valence-corrected chi connectivity index (χ2v) is 14.1. The van der Waals surface area contributed by atoms with Gasteiger partial charge in [0, 0.05) is 37.6 Å². The molecule has 10 nitrogen and oxygen atoms in total. The molecule has 3 aliphatic rings. The second kappa shape index (κ2) is 9.81. The lowest BCUT2D eigenvalue weighted by Gasteiger charge is -2.47. The van der Waals surface area contributed by atoms with Gasteiger partial charge in [0.25, 0.3) is 0 Å². The van der Waals surface area contributed by atoms with Crippen LogP contribution in [0.1, 0.15) is 61.5 Å². The molecule has 3 aromatic heterocycles. The predicted octanol–water partition coefficient (Wildman–Crippen LogP) is 4.46. The Morgan fingerprint density at radius 1 is 1.14 bits per heavy atom. The van der Waals surface area contributed by atoms with Crippen molar-refractivity contribution < 1.29 is 31.1 Å². The van der Waals surface area contributed by atoms with E-state index in [1.807, 2.05) is 0 Å². The van der Waals surface area contributed by atoms with Crippen LogP contribution in [-0.2, 0) is 16.9 Å². The van der Waals surface area contributed by atoms with Gasteiger partial charge in [0.1, 0.15) is 28.5 Å². The van der Waals surface area contributed by atoms with Crippen molar-refractivity contribution in [1.82, 2.24) is 24.5 Å². The molecule has 0 amide bonds. The van der Waals surface area contributed by atoms with Gasteiger partial charge < -0.3 is 9.64 Å². The molecule has 3 fully saturated rings. The van der Waals surface area contributed by atoms with Gasteiger partial charge in [-0.2, -0.15) is 18.3 Å². The molecule has 0 aromatic carbocycles. The molecular formula is C28H33F3N6O4S. The maximum absolute atomic E-state index is 13.6. The lowest BCUT2D eigenvalue weighted by atomic mass is 9.73. The lowest BCUT2D eigenvalue weighted by molar-refractivity contribution is -0.194. The molecule has 4 heterocycles. The number of sulfone groups is 1. The average Bonchev–Trinajstić information content (AvgIpc) is 3.21. The highest BCUT2D eigenvalue weighted by atomic mass is 32.2. The summed E-state index contributed by atoms with van der Waals surface area (Å²) in [7, 11) is -2.35. The number of Topliss-reactive ketones (excluding diaryl/α,β-unsaturated/α-hetero) is 1. The third kappa shape index (κ3) is 4.96. The minimum Gasteiger partial charge on any atom is -0.476 e. The molecule has 2 saturated carbocycles. The minimum absolute atomic E-state index is 0.0114. The second-order valence-electron chi connectivity index (χ2n) is 12.1. The first-order valence-electron chi connectivity index (χ1n) is 14.0. The van der Waals surface area contributed by atoms with Crippen molar-refractivity contribution in [2.75, 3.05) is 23.8 Å². The van der Waals surface area contributed by atoms with Gasteiger partial charge >= 0.3 is 6.18 Å². The summed E-state index contributed by atoms with van der Waals surface area (Å²) < 4.78 is 74.6. The number of anilines is 1. The Morgan fingerprint density at radius 2 is 1.88 bits per heavy atom. The zero-order chi connectivity index (χ0) is 30.1. The van der Waals surface area contributed by atoms with Crippen LogP contribution in [0.5, 0.6) is 5.88 Å². The highest BCUT2D eigenvalue weighted by Crippen LogP contribution is 2.57. The number of aromatic nitrogens is 5. The zero-order valence-corrected chi connectivity index (χ0v) is 24.5. The average molecular weight is 607 g/mol. The fourth-order valence-corrected chi connectivity index (χ4v) is 7.74. The molecule has 14 heteroatoms. The number of nitrogens with zero attached hydrogens (tertiary/aromatic N) is 6. The molecule has 1 saturated heterocycles. The van der Waals surface area contributed by atoms with E-state index in [9.17, 15) is 26.4 Å². The maximum Gasteiger partial charge on any atom is 0.397 e. The number of rotatable bonds is 9. The van der Waals surface area contributed by atoms with Crippen molar-refractivity contribution in [3.05, 3.63) is 41.9 Å². The third-order valence-corrected chi connectivity index (χ3v) is 10.6. The first kappa shape index (κ1) is 28.7. The first-order valence-corrected chi connectivity index (χ1v) is 15.7. The molecule has 1 atom stereocenters. The summed E-state index contributed by atoms with van der Waals surface area (Å²) in [6, 6.07) is 4.59. The molecule has 1 aliphatic heterocycles. The van der Waals surface area contributed by atoms with E-state index >= 15 is 0 Å². The number of ether oxygens (including phenoxy) is 1.